The van der Waals surface area contributed by atoms with Crippen LogP contribution < -0.4 is 4.74 Å². The summed E-state index contributed by atoms with van der Waals surface area (Å²) in [6.07, 6.45) is 6.70. The number of nitrogens with zero attached hydrogens (tertiary/aromatic N) is 3. The molecule has 1 N–H and O–H groups in total. The molecule has 7 heteroatoms. The Morgan fingerprint density at radius 2 is 1.53 bits per heavy atom. The number of ether oxygens (including phenoxy) is 1. The van der Waals surface area contributed by atoms with Gasteiger partial charge < -0.3 is 14.4 Å². The number of carbonyl (C=O) groups is 1. The Balaban J connectivity index is 0.000000795. The summed E-state index contributed by atoms with van der Waals surface area (Å²) in [5, 5.41) is 11.2. The van der Waals surface area contributed by atoms with Crippen LogP contribution in [-0.2, 0) is 24.4 Å². The highest BCUT2D eigenvalue weighted by molar-refractivity contribution is 8.00. The van der Waals surface area contributed by atoms with Crippen LogP contribution in [0.2, 0.25) is 0 Å². The predicted molar refractivity (Wildman–Crippen MR) is 216 cm³/mol. The molecule has 0 fully saturated rings. The third-order valence-corrected chi connectivity index (χ3v) is 9.11. The van der Waals surface area contributed by atoms with E-state index >= 15 is 0 Å². The molecular formula is C44H59N3O3S. The Kier molecular flexibility index (Phi) is 15.3. The summed E-state index contributed by atoms with van der Waals surface area (Å²) in [6.45, 7) is 24.0. The van der Waals surface area contributed by atoms with E-state index in [0.717, 1.165) is 61.2 Å². The molecule has 3 aromatic heterocycles. The molecule has 0 aliphatic rings. The maximum Gasteiger partial charge on any atom is 0.309 e. The van der Waals surface area contributed by atoms with Crippen LogP contribution in [-0.4, -0.2) is 30.4 Å². The Labute approximate surface area is 311 Å². The van der Waals surface area contributed by atoms with Crippen molar-refractivity contribution in [1.82, 2.24) is 14.5 Å². The summed E-state index contributed by atoms with van der Waals surface area (Å²) < 4.78 is 8.38. The number of hydrogen-bond donors (Lipinski definition) is 1. The lowest BCUT2D eigenvalue weighted by molar-refractivity contribution is -0.146. The summed E-state index contributed by atoms with van der Waals surface area (Å²) in [4.78, 5) is 22.2. The van der Waals surface area contributed by atoms with Gasteiger partial charge in [0.25, 0.3) is 0 Å². The molecule has 6 nitrogen and oxygen atoms in total. The van der Waals surface area contributed by atoms with Crippen molar-refractivity contribution in [3.8, 4) is 16.9 Å². The normalized spacial score (nSPS) is 11.5. The predicted octanol–water partition coefficient (Wildman–Crippen LogP) is 12.0. The van der Waals surface area contributed by atoms with Crippen molar-refractivity contribution in [2.24, 2.45) is 11.3 Å². The van der Waals surface area contributed by atoms with Crippen molar-refractivity contribution >= 4 is 28.6 Å². The van der Waals surface area contributed by atoms with Crippen molar-refractivity contribution in [1.29, 1.82) is 0 Å². The van der Waals surface area contributed by atoms with Crippen LogP contribution in [0.25, 0.3) is 22.0 Å². The van der Waals surface area contributed by atoms with E-state index in [1.54, 1.807) is 31.8 Å². The molecule has 0 atom stereocenters. The van der Waals surface area contributed by atoms with Gasteiger partial charge in [-0.3, -0.25) is 14.8 Å². The second kappa shape index (κ2) is 18.9. The zero-order chi connectivity index (χ0) is 37.8. The van der Waals surface area contributed by atoms with Crippen molar-refractivity contribution < 1.29 is 14.6 Å². The molecule has 3 heterocycles. The van der Waals surface area contributed by atoms with Gasteiger partial charge in [-0.1, -0.05) is 105 Å². The van der Waals surface area contributed by atoms with Crippen molar-refractivity contribution in [2.75, 3.05) is 0 Å². The fourth-order valence-electron chi connectivity index (χ4n) is 4.98. The molecule has 0 aliphatic carbocycles. The first-order valence-electron chi connectivity index (χ1n) is 18.2. The molecule has 51 heavy (non-hydrogen) atoms. The maximum atomic E-state index is 12.3. The number of carboxylic acids is 1. The van der Waals surface area contributed by atoms with Gasteiger partial charge in [-0.15, -0.1) is 11.8 Å². The number of rotatable bonds is 11. The SMILES string of the molecule is CC(C)C.CCCC.Cc1ccc(-c2ccc(Cn3c(CC(C)(C)C(=O)O)c(SC(C)(C)C)c4cc(OCc5ccccn5)ccc43)cc2)cn1. The third kappa shape index (κ3) is 12.9. The van der Waals surface area contributed by atoms with Crippen LogP contribution in [0, 0.1) is 18.3 Å². The minimum Gasteiger partial charge on any atom is -0.487 e. The lowest BCUT2D eigenvalue weighted by Crippen LogP contribution is -2.28. The number of aliphatic carboxylic acids is 1. The van der Waals surface area contributed by atoms with Crippen molar-refractivity contribution in [3.63, 3.8) is 0 Å². The van der Waals surface area contributed by atoms with Gasteiger partial charge in [0.2, 0.25) is 0 Å². The Bertz CT molecular complexity index is 1800. The molecular weight excluding hydrogens is 651 g/mol. The molecule has 5 rings (SSSR count). The molecule has 5 aromatic rings. The molecule has 0 unspecified atom stereocenters. The van der Waals surface area contributed by atoms with Crippen LogP contribution in [0.4, 0.5) is 0 Å². The van der Waals surface area contributed by atoms with Gasteiger partial charge in [-0.05, 0) is 74.2 Å². The van der Waals surface area contributed by atoms with E-state index in [9.17, 15) is 9.90 Å². The van der Waals surface area contributed by atoms with Gasteiger partial charge in [-0.25, -0.2) is 0 Å². The molecule has 0 saturated heterocycles. The average molecular weight is 710 g/mol. The fraction of sp³-hybridized carbons (Fsp3) is 0.432. The number of aromatic nitrogens is 3. The van der Waals surface area contributed by atoms with Gasteiger partial charge in [0, 0.05) is 62.9 Å². The third-order valence-electron chi connectivity index (χ3n) is 7.84. The van der Waals surface area contributed by atoms with Crippen LogP contribution in [0.1, 0.15) is 105 Å². The molecule has 274 valence electrons. The summed E-state index contributed by atoms with van der Waals surface area (Å²) in [6, 6.07) is 24.6. The number of unbranched alkanes of at least 4 members (excludes halogenated alkanes) is 1. The zero-order valence-electron chi connectivity index (χ0n) is 32.7. The highest BCUT2D eigenvalue weighted by Gasteiger charge is 2.33. The van der Waals surface area contributed by atoms with Gasteiger partial charge in [0.1, 0.15) is 12.4 Å². The highest BCUT2D eigenvalue weighted by atomic mass is 32.2. The largest absolute Gasteiger partial charge is 0.487 e. The van der Waals surface area contributed by atoms with Gasteiger partial charge in [-0.2, -0.15) is 0 Å². The number of hydrogen-bond acceptors (Lipinski definition) is 5. The summed E-state index contributed by atoms with van der Waals surface area (Å²) >= 11 is 1.78. The molecule has 0 saturated carbocycles. The van der Waals surface area contributed by atoms with Crippen LogP contribution >= 0.6 is 11.8 Å². The van der Waals surface area contributed by atoms with Crippen molar-refractivity contribution in [2.45, 2.75) is 118 Å². The summed E-state index contributed by atoms with van der Waals surface area (Å²) in [5.74, 6) is 0.776. The van der Waals surface area contributed by atoms with Gasteiger partial charge in [0.05, 0.1) is 11.1 Å². The number of thioether (sulfide) groups is 1. The molecule has 0 aliphatic heterocycles. The lowest BCUT2D eigenvalue weighted by Gasteiger charge is -2.24. The van der Waals surface area contributed by atoms with E-state index in [2.05, 4.69) is 112 Å². The number of pyridine rings is 2. The minimum atomic E-state index is -0.945. The average Bonchev–Trinajstić information content (AvgIpc) is 3.33. The first-order valence-corrected chi connectivity index (χ1v) is 19.0. The summed E-state index contributed by atoms with van der Waals surface area (Å²) in [7, 11) is 0. The van der Waals surface area contributed by atoms with E-state index in [4.69, 9.17) is 4.74 Å². The second-order valence-corrected chi connectivity index (χ2v) is 17.2. The van der Waals surface area contributed by atoms with E-state index in [1.165, 1.54) is 12.8 Å². The second-order valence-electron chi connectivity index (χ2n) is 15.3. The zero-order valence-corrected chi connectivity index (χ0v) is 33.5. The Hall–Kier alpha value is -4.10. The van der Waals surface area contributed by atoms with Crippen LogP contribution in [0.3, 0.4) is 0 Å². The summed E-state index contributed by atoms with van der Waals surface area (Å²) in [5.41, 5.74) is 6.31. The van der Waals surface area contributed by atoms with Crippen LogP contribution in [0.5, 0.6) is 5.75 Å². The molecule has 0 radical (unpaired) electrons. The smallest absolute Gasteiger partial charge is 0.309 e. The number of benzene rings is 2. The quantitative estimate of drug-likeness (QED) is 0.138. The Morgan fingerprint density at radius 3 is 2.06 bits per heavy atom. The lowest BCUT2D eigenvalue weighted by atomic mass is 9.88. The number of aryl methyl sites for hydroxylation is 1. The highest BCUT2D eigenvalue weighted by Crippen LogP contribution is 2.44. The molecule has 0 spiro atoms. The van der Waals surface area contributed by atoms with Gasteiger partial charge in [0.15, 0.2) is 0 Å². The maximum absolute atomic E-state index is 12.3. The van der Waals surface area contributed by atoms with Crippen LogP contribution in [0.15, 0.2) is 90.1 Å². The number of carboxylic acid groups (broad SMARTS) is 1. The fourth-order valence-corrected chi connectivity index (χ4v) is 6.17. The molecule has 0 bridgehead atoms. The van der Waals surface area contributed by atoms with E-state index in [-0.39, 0.29) is 4.75 Å². The van der Waals surface area contributed by atoms with E-state index < -0.39 is 11.4 Å². The number of fused-ring (bicyclic) bond motifs is 1. The molecule has 0 amide bonds. The molecule has 2 aromatic carbocycles. The van der Waals surface area contributed by atoms with E-state index in [1.807, 2.05) is 43.5 Å². The minimum absolute atomic E-state index is 0.0875. The first-order chi connectivity index (χ1) is 24.0. The monoisotopic (exact) mass is 709 g/mol. The van der Waals surface area contributed by atoms with E-state index in [0.29, 0.717) is 19.6 Å². The first kappa shape index (κ1) is 41.3. The standard InChI is InChI=1S/C36H39N3O3S.2C4H10/c1-24-10-13-27(21-38-24)26-14-11-25(12-15-26)22-39-31-17-16-29(42-23-28-9-7-8-18-37-28)19-30(31)33(43-35(2,3)4)32(39)20-36(5,6)34(40)41;1-4(2)3;1-3-4-2/h7-19,21H,20,22-23H2,1-6H3,(H,40,41);4H,1-3H3;3-4H2,1-2H3. The topological polar surface area (TPSA) is 77.2 Å². The van der Waals surface area contributed by atoms with Gasteiger partial charge >= 0.3 is 5.97 Å². The van der Waals surface area contributed by atoms with Crippen molar-refractivity contribution in [3.05, 3.63) is 108 Å². The Morgan fingerprint density at radius 1 is 0.882 bits per heavy atom.